The maximum absolute atomic E-state index is 3.63. The van der Waals surface area contributed by atoms with Crippen molar-refractivity contribution in [1.82, 2.24) is 5.32 Å². The van der Waals surface area contributed by atoms with E-state index in [4.69, 9.17) is 0 Å². The molecule has 0 radical (unpaired) electrons. The number of halogens is 1. The number of hydrogen-bond acceptors (Lipinski definition) is 1. The van der Waals surface area contributed by atoms with Gasteiger partial charge in [0.2, 0.25) is 0 Å². The second-order valence-electron chi connectivity index (χ2n) is 4.08. The lowest BCUT2D eigenvalue weighted by Gasteiger charge is -2.08. The van der Waals surface area contributed by atoms with Gasteiger partial charge in [0.15, 0.2) is 0 Å². The van der Waals surface area contributed by atoms with Crippen molar-refractivity contribution in [3.05, 3.63) is 0 Å². The van der Waals surface area contributed by atoms with E-state index in [-0.39, 0.29) is 0 Å². The quantitative estimate of drug-likeness (QED) is 0.513. The SMILES string of the molecule is CCC(Br)CCNCCCC(C)C. The van der Waals surface area contributed by atoms with Gasteiger partial charge in [-0.2, -0.15) is 0 Å². The molecule has 0 saturated heterocycles. The Morgan fingerprint density at radius 3 is 2.38 bits per heavy atom. The zero-order chi connectivity index (χ0) is 10.1. The Morgan fingerprint density at radius 1 is 1.15 bits per heavy atom. The second-order valence-corrected chi connectivity index (χ2v) is 5.38. The van der Waals surface area contributed by atoms with Gasteiger partial charge < -0.3 is 5.32 Å². The van der Waals surface area contributed by atoms with Crippen LogP contribution in [-0.4, -0.2) is 17.9 Å². The van der Waals surface area contributed by atoms with Crippen LogP contribution in [-0.2, 0) is 0 Å². The summed E-state index contributed by atoms with van der Waals surface area (Å²) >= 11 is 3.63. The monoisotopic (exact) mass is 249 g/mol. The van der Waals surface area contributed by atoms with Gasteiger partial charge in [-0.05, 0) is 44.7 Å². The lowest BCUT2D eigenvalue weighted by molar-refractivity contribution is 0.522. The predicted octanol–water partition coefficient (Wildman–Crippen LogP) is 3.58. The Hall–Kier alpha value is 0.440. The molecule has 13 heavy (non-hydrogen) atoms. The van der Waals surface area contributed by atoms with Crippen molar-refractivity contribution in [2.24, 2.45) is 5.92 Å². The average Bonchev–Trinajstić information content (AvgIpc) is 2.10. The lowest BCUT2D eigenvalue weighted by atomic mass is 10.1. The highest BCUT2D eigenvalue weighted by Gasteiger charge is 1.99. The van der Waals surface area contributed by atoms with Crippen molar-refractivity contribution < 1.29 is 0 Å². The minimum absolute atomic E-state index is 0.699. The van der Waals surface area contributed by atoms with E-state index in [2.05, 4.69) is 42.0 Å². The number of hydrogen-bond donors (Lipinski definition) is 1. The summed E-state index contributed by atoms with van der Waals surface area (Å²) < 4.78 is 0. The minimum Gasteiger partial charge on any atom is -0.317 e. The topological polar surface area (TPSA) is 12.0 Å². The van der Waals surface area contributed by atoms with Crippen LogP contribution in [0.15, 0.2) is 0 Å². The lowest BCUT2D eigenvalue weighted by Crippen LogP contribution is -2.19. The van der Waals surface area contributed by atoms with Gasteiger partial charge in [0.1, 0.15) is 0 Å². The third kappa shape index (κ3) is 10.4. The smallest absolute Gasteiger partial charge is 0.0155 e. The molecular formula is C11H24BrN. The Kier molecular flexibility index (Phi) is 9.32. The molecule has 0 aromatic carbocycles. The molecule has 0 rings (SSSR count). The number of alkyl halides is 1. The van der Waals surface area contributed by atoms with Crippen molar-refractivity contribution in [3.8, 4) is 0 Å². The van der Waals surface area contributed by atoms with Gasteiger partial charge in [0.05, 0.1) is 0 Å². The number of nitrogens with one attached hydrogen (secondary N) is 1. The van der Waals surface area contributed by atoms with E-state index in [1.165, 1.54) is 32.2 Å². The highest BCUT2D eigenvalue weighted by atomic mass is 79.9. The zero-order valence-corrected chi connectivity index (χ0v) is 10.9. The molecule has 0 heterocycles. The van der Waals surface area contributed by atoms with E-state index in [1.54, 1.807) is 0 Å². The molecule has 0 aliphatic rings. The van der Waals surface area contributed by atoms with Gasteiger partial charge in [-0.25, -0.2) is 0 Å². The maximum Gasteiger partial charge on any atom is 0.0155 e. The zero-order valence-electron chi connectivity index (χ0n) is 9.28. The van der Waals surface area contributed by atoms with E-state index < -0.39 is 0 Å². The fraction of sp³-hybridized carbons (Fsp3) is 1.00. The van der Waals surface area contributed by atoms with Crippen LogP contribution >= 0.6 is 15.9 Å². The van der Waals surface area contributed by atoms with Gasteiger partial charge >= 0.3 is 0 Å². The molecule has 0 amide bonds. The first-order valence-electron chi connectivity index (χ1n) is 5.51. The summed E-state index contributed by atoms with van der Waals surface area (Å²) in [5, 5.41) is 3.48. The first kappa shape index (κ1) is 13.4. The highest BCUT2D eigenvalue weighted by molar-refractivity contribution is 9.09. The molecule has 80 valence electrons. The fourth-order valence-electron chi connectivity index (χ4n) is 1.22. The summed E-state index contributed by atoms with van der Waals surface area (Å²) in [4.78, 5) is 0.699. The molecular weight excluding hydrogens is 226 g/mol. The van der Waals surface area contributed by atoms with Crippen molar-refractivity contribution >= 4 is 15.9 Å². The molecule has 0 aliphatic heterocycles. The summed E-state index contributed by atoms with van der Waals surface area (Å²) in [5.41, 5.74) is 0. The van der Waals surface area contributed by atoms with E-state index in [0.29, 0.717) is 4.83 Å². The fourth-order valence-corrected chi connectivity index (χ4v) is 1.45. The van der Waals surface area contributed by atoms with Gasteiger partial charge in [-0.3, -0.25) is 0 Å². The van der Waals surface area contributed by atoms with Crippen molar-refractivity contribution in [2.45, 2.75) is 51.3 Å². The Labute approximate surface area is 91.8 Å². The van der Waals surface area contributed by atoms with Gasteiger partial charge in [0, 0.05) is 4.83 Å². The molecule has 0 fully saturated rings. The molecule has 0 saturated carbocycles. The third-order valence-corrected chi connectivity index (χ3v) is 3.32. The molecule has 0 bridgehead atoms. The molecule has 0 spiro atoms. The van der Waals surface area contributed by atoms with Gasteiger partial charge in [-0.15, -0.1) is 0 Å². The molecule has 1 nitrogen and oxygen atoms in total. The molecule has 1 N–H and O–H groups in total. The minimum atomic E-state index is 0.699. The van der Waals surface area contributed by atoms with E-state index in [0.717, 1.165) is 12.5 Å². The average molecular weight is 250 g/mol. The molecule has 0 aromatic rings. The summed E-state index contributed by atoms with van der Waals surface area (Å²) in [7, 11) is 0. The standard InChI is InChI=1S/C11H24BrN/c1-4-11(12)7-9-13-8-5-6-10(2)3/h10-11,13H,4-9H2,1-3H3. The highest BCUT2D eigenvalue weighted by Crippen LogP contribution is 2.07. The molecule has 0 aliphatic carbocycles. The number of rotatable bonds is 8. The Balaban J connectivity index is 2.99. The van der Waals surface area contributed by atoms with Crippen molar-refractivity contribution in [1.29, 1.82) is 0 Å². The van der Waals surface area contributed by atoms with E-state index in [1.807, 2.05) is 0 Å². The molecule has 2 heteroatoms. The van der Waals surface area contributed by atoms with Crippen LogP contribution in [0, 0.1) is 5.92 Å². The van der Waals surface area contributed by atoms with E-state index >= 15 is 0 Å². The Bertz CT molecular complexity index is 104. The van der Waals surface area contributed by atoms with Crippen LogP contribution in [0.25, 0.3) is 0 Å². The molecule has 1 unspecified atom stereocenters. The van der Waals surface area contributed by atoms with Crippen molar-refractivity contribution in [3.63, 3.8) is 0 Å². The first-order chi connectivity index (χ1) is 6.16. The summed E-state index contributed by atoms with van der Waals surface area (Å²) in [5.74, 6) is 0.848. The second kappa shape index (κ2) is 9.01. The van der Waals surface area contributed by atoms with Gasteiger partial charge in [0.25, 0.3) is 0 Å². The van der Waals surface area contributed by atoms with Crippen LogP contribution in [0.1, 0.15) is 46.5 Å². The van der Waals surface area contributed by atoms with Gasteiger partial charge in [-0.1, -0.05) is 36.7 Å². The largest absolute Gasteiger partial charge is 0.317 e. The third-order valence-electron chi connectivity index (χ3n) is 2.21. The Morgan fingerprint density at radius 2 is 1.85 bits per heavy atom. The maximum atomic E-state index is 3.63. The summed E-state index contributed by atoms with van der Waals surface area (Å²) in [6.07, 6.45) is 5.14. The molecule has 0 aromatic heterocycles. The van der Waals surface area contributed by atoms with Crippen LogP contribution in [0.3, 0.4) is 0 Å². The van der Waals surface area contributed by atoms with E-state index in [9.17, 15) is 0 Å². The predicted molar refractivity (Wildman–Crippen MR) is 64.6 cm³/mol. The van der Waals surface area contributed by atoms with Crippen LogP contribution in [0.2, 0.25) is 0 Å². The normalized spacial score (nSPS) is 13.6. The van der Waals surface area contributed by atoms with Crippen molar-refractivity contribution in [2.75, 3.05) is 13.1 Å². The summed E-state index contributed by atoms with van der Waals surface area (Å²) in [6.45, 7) is 9.12. The van der Waals surface area contributed by atoms with Crippen LogP contribution < -0.4 is 5.32 Å². The summed E-state index contributed by atoms with van der Waals surface area (Å²) in [6, 6.07) is 0. The first-order valence-corrected chi connectivity index (χ1v) is 6.43. The molecule has 1 atom stereocenters. The van der Waals surface area contributed by atoms with Crippen LogP contribution in [0.5, 0.6) is 0 Å². The van der Waals surface area contributed by atoms with Crippen LogP contribution in [0.4, 0.5) is 0 Å².